The van der Waals surface area contributed by atoms with Gasteiger partial charge >= 0.3 is 5.97 Å². The van der Waals surface area contributed by atoms with E-state index in [2.05, 4.69) is 21.2 Å². The summed E-state index contributed by atoms with van der Waals surface area (Å²) in [6.45, 7) is 0. The number of carboxylic acid groups (broad SMARTS) is 1. The van der Waals surface area contributed by atoms with Crippen molar-refractivity contribution in [1.82, 2.24) is 0 Å². The van der Waals surface area contributed by atoms with Crippen LogP contribution in [0, 0.1) is 5.82 Å². The van der Waals surface area contributed by atoms with Gasteiger partial charge in [-0.3, -0.25) is 0 Å². The number of benzene rings is 2. The number of para-hydroxylation sites is 1. The molecule has 104 valence electrons. The molecule has 2 aromatic rings. The molecule has 0 aromatic heterocycles. The molecule has 0 atom stereocenters. The van der Waals surface area contributed by atoms with E-state index < -0.39 is 11.8 Å². The minimum absolute atomic E-state index is 0.166. The maximum Gasteiger partial charge on any atom is 0.337 e. The van der Waals surface area contributed by atoms with Gasteiger partial charge in [-0.2, -0.15) is 0 Å². The number of hydrogen-bond donors (Lipinski definition) is 2. The van der Waals surface area contributed by atoms with Crippen molar-refractivity contribution in [3.8, 4) is 0 Å². The first-order valence-electron chi connectivity index (χ1n) is 5.34. The van der Waals surface area contributed by atoms with E-state index in [4.69, 9.17) is 28.3 Å². The highest BCUT2D eigenvalue weighted by Gasteiger charge is 2.16. The van der Waals surface area contributed by atoms with Crippen LogP contribution in [0.3, 0.4) is 0 Å². The number of rotatable bonds is 3. The zero-order valence-electron chi connectivity index (χ0n) is 9.75. The van der Waals surface area contributed by atoms with Crippen LogP contribution in [0.5, 0.6) is 0 Å². The smallest absolute Gasteiger partial charge is 0.337 e. The number of nitrogens with one attached hydrogen (secondary N) is 1. The van der Waals surface area contributed by atoms with Crippen LogP contribution in [0.4, 0.5) is 15.8 Å². The molecule has 0 amide bonds. The molecule has 0 spiro atoms. The number of halogens is 4. The molecule has 20 heavy (non-hydrogen) atoms. The molecule has 3 nitrogen and oxygen atoms in total. The molecule has 0 aliphatic carbocycles. The highest BCUT2D eigenvalue weighted by atomic mass is 79.9. The van der Waals surface area contributed by atoms with Crippen LogP contribution in [0.1, 0.15) is 10.4 Å². The van der Waals surface area contributed by atoms with Gasteiger partial charge in [0, 0.05) is 4.47 Å². The molecule has 0 saturated carbocycles. The Labute approximate surface area is 132 Å². The predicted octanol–water partition coefficient (Wildman–Crippen LogP) is 5.34. The van der Waals surface area contributed by atoms with Gasteiger partial charge < -0.3 is 10.4 Å². The second-order valence-corrected chi connectivity index (χ2v) is 5.43. The van der Waals surface area contributed by atoms with Gasteiger partial charge in [0.2, 0.25) is 0 Å². The molecule has 2 aromatic carbocycles. The maximum absolute atomic E-state index is 13.8. The summed E-state index contributed by atoms with van der Waals surface area (Å²) in [6.07, 6.45) is 0. The summed E-state index contributed by atoms with van der Waals surface area (Å²) in [7, 11) is 0. The molecule has 0 heterocycles. The zero-order chi connectivity index (χ0) is 14.9. The third-order valence-corrected chi connectivity index (χ3v) is 4.31. The third kappa shape index (κ3) is 2.90. The zero-order valence-corrected chi connectivity index (χ0v) is 12.9. The van der Waals surface area contributed by atoms with Gasteiger partial charge in [-0.25, -0.2) is 9.18 Å². The monoisotopic (exact) mass is 377 g/mol. The van der Waals surface area contributed by atoms with E-state index in [1.165, 1.54) is 12.1 Å². The SMILES string of the molecule is O=C(O)c1cccc(F)c1Nc1ccc(Br)c(Cl)c1Cl. The second kappa shape index (κ2) is 5.99. The van der Waals surface area contributed by atoms with E-state index in [1.54, 1.807) is 12.1 Å². The summed E-state index contributed by atoms with van der Waals surface area (Å²) >= 11 is 15.2. The molecule has 2 rings (SSSR count). The summed E-state index contributed by atoms with van der Waals surface area (Å²) in [5.74, 6) is -1.94. The first kappa shape index (κ1) is 15.1. The van der Waals surface area contributed by atoms with Crippen molar-refractivity contribution in [2.45, 2.75) is 0 Å². The molecule has 0 aliphatic heterocycles. The van der Waals surface area contributed by atoms with Crippen LogP contribution in [-0.4, -0.2) is 11.1 Å². The van der Waals surface area contributed by atoms with Crippen LogP contribution < -0.4 is 5.32 Å². The summed E-state index contributed by atoms with van der Waals surface area (Å²) in [5.41, 5.74) is -0.0483. The van der Waals surface area contributed by atoms with Crippen LogP contribution in [0.15, 0.2) is 34.8 Å². The summed E-state index contributed by atoms with van der Waals surface area (Å²) in [6, 6.07) is 6.96. The summed E-state index contributed by atoms with van der Waals surface area (Å²) < 4.78 is 14.4. The van der Waals surface area contributed by atoms with Crippen molar-refractivity contribution in [2.24, 2.45) is 0 Å². The summed E-state index contributed by atoms with van der Waals surface area (Å²) in [4.78, 5) is 11.1. The van der Waals surface area contributed by atoms with Crippen LogP contribution in [0.2, 0.25) is 10.0 Å². The lowest BCUT2D eigenvalue weighted by molar-refractivity contribution is 0.0697. The van der Waals surface area contributed by atoms with Gasteiger partial charge in [0.1, 0.15) is 5.82 Å². The van der Waals surface area contributed by atoms with Crippen molar-refractivity contribution in [1.29, 1.82) is 0 Å². The fourth-order valence-corrected chi connectivity index (χ4v) is 2.41. The molecule has 7 heteroatoms. The Kier molecular flexibility index (Phi) is 4.52. The fourth-order valence-electron chi connectivity index (χ4n) is 1.59. The fraction of sp³-hybridized carbons (Fsp3) is 0. The van der Waals surface area contributed by atoms with Gasteiger partial charge in [0.15, 0.2) is 0 Å². The normalized spacial score (nSPS) is 10.4. The maximum atomic E-state index is 13.8. The van der Waals surface area contributed by atoms with Crippen molar-refractivity contribution in [3.05, 3.63) is 56.2 Å². The Morgan fingerprint density at radius 1 is 1.20 bits per heavy atom. The standard InChI is InChI=1S/C13H7BrCl2FNO2/c14-7-4-5-9(11(16)10(7)15)18-12-6(13(19)20)2-1-3-8(12)17/h1-5,18H,(H,19,20). The molecule has 0 fully saturated rings. The lowest BCUT2D eigenvalue weighted by Crippen LogP contribution is -2.05. The predicted molar refractivity (Wildman–Crippen MR) is 80.8 cm³/mol. The molecule has 0 aliphatic rings. The Balaban J connectivity index is 2.51. The van der Waals surface area contributed by atoms with Crippen molar-refractivity contribution in [3.63, 3.8) is 0 Å². The first-order chi connectivity index (χ1) is 9.41. The average molecular weight is 379 g/mol. The van der Waals surface area contributed by atoms with Crippen LogP contribution in [0.25, 0.3) is 0 Å². The van der Waals surface area contributed by atoms with Gasteiger partial charge in [-0.15, -0.1) is 0 Å². The minimum atomic E-state index is -1.24. The van der Waals surface area contributed by atoms with E-state index in [1.807, 2.05) is 0 Å². The first-order valence-corrected chi connectivity index (χ1v) is 6.89. The van der Waals surface area contributed by atoms with Crippen molar-refractivity contribution in [2.75, 3.05) is 5.32 Å². The quantitative estimate of drug-likeness (QED) is 0.709. The Bertz CT molecular complexity index is 694. The highest BCUT2D eigenvalue weighted by molar-refractivity contribution is 9.10. The topological polar surface area (TPSA) is 49.3 Å². The van der Waals surface area contributed by atoms with Gasteiger partial charge in [0.05, 0.1) is 27.0 Å². The number of anilines is 2. The van der Waals surface area contributed by atoms with E-state index in [0.29, 0.717) is 10.2 Å². The largest absolute Gasteiger partial charge is 0.478 e. The lowest BCUT2D eigenvalue weighted by Gasteiger charge is -2.13. The lowest BCUT2D eigenvalue weighted by atomic mass is 10.1. The number of carboxylic acids is 1. The van der Waals surface area contributed by atoms with E-state index >= 15 is 0 Å². The van der Waals surface area contributed by atoms with Gasteiger partial charge in [-0.05, 0) is 40.2 Å². The molecule has 0 bridgehead atoms. The number of carbonyl (C=O) groups is 1. The van der Waals surface area contributed by atoms with Gasteiger partial charge in [-0.1, -0.05) is 29.3 Å². The second-order valence-electron chi connectivity index (χ2n) is 3.82. The third-order valence-electron chi connectivity index (χ3n) is 2.54. The molecule has 0 unspecified atom stereocenters. The van der Waals surface area contributed by atoms with Crippen molar-refractivity contribution >= 4 is 56.5 Å². The van der Waals surface area contributed by atoms with Crippen LogP contribution >= 0.6 is 39.1 Å². The molecule has 0 saturated heterocycles. The van der Waals surface area contributed by atoms with E-state index in [-0.39, 0.29) is 21.3 Å². The van der Waals surface area contributed by atoms with Gasteiger partial charge in [0.25, 0.3) is 0 Å². The molecule has 0 radical (unpaired) electrons. The number of aromatic carboxylic acids is 1. The highest BCUT2D eigenvalue weighted by Crippen LogP contribution is 2.38. The van der Waals surface area contributed by atoms with Crippen LogP contribution in [-0.2, 0) is 0 Å². The Morgan fingerprint density at radius 2 is 1.90 bits per heavy atom. The van der Waals surface area contributed by atoms with E-state index in [0.717, 1.165) is 6.07 Å². The van der Waals surface area contributed by atoms with E-state index in [9.17, 15) is 9.18 Å². The number of hydrogen-bond acceptors (Lipinski definition) is 2. The summed E-state index contributed by atoms with van der Waals surface area (Å²) in [5, 5.41) is 12.2. The van der Waals surface area contributed by atoms with Crippen molar-refractivity contribution < 1.29 is 14.3 Å². The Morgan fingerprint density at radius 3 is 2.55 bits per heavy atom. The minimum Gasteiger partial charge on any atom is -0.478 e. The Hall–Kier alpha value is -1.30. The molecule has 2 N–H and O–H groups in total. The average Bonchev–Trinajstić information content (AvgIpc) is 2.41. The molecular weight excluding hydrogens is 372 g/mol. The molecular formula is C13H7BrCl2FNO2.